The van der Waals surface area contributed by atoms with Crippen LogP contribution in [0.4, 0.5) is 0 Å². The van der Waals surface area contributed by atoms with Gasteiger partial charge in [0.1, 0.15) is 11.5 Å². The fourth-order valence-corrected chi connectivity index (χ4v) is 3.46. The Morgan fingerprint density at radius 2 is 1.36 bits per heavy atom. The zero-order valence-electron chi connectivity index (χ0n) is 15.5. The third-order valence-electron chi connectivity index (χ3n) is 4.80. The molecule has 28 heavy (non-hydrogen) atoms. The van der Waals surface area contributed by atoms with Crippen LogP contribution in [-0.4, -0.2) is 22.2 Å². The van der Waals surface area contributed by atoms with Crippen molar-refractivity contribution in [2.45, 2.75) is 6.42 Å². The van der Waals surface area contributed by atoms with Crippen molar-refractivity contribution in [2.24, 2.45) is 0 Å². The molecule has 2 heterocycles. The second-order valence-electron chi connectivity index (χ2n) is 6.45. The molecule has 1 N–H and O–H groups in total. The van der Waals surface area contributed by atoms with Crippen LogP contribution in [0.1, 0.15) is 11.1 Å². The summed E-state index contributed by atoms with van der Waals surface area (Å²) in [6.07, 6.45) is 7.67. The van der Waals surface area contributed by atoms with Crippen LogP contribution < -0.4 is 4.74 Å². The van der Waals surface area contributed by atoms with Gasteiger partial charge < -0.3 is 9.84 Å². The molecule has 2 aromatic heterocycles. The number of phenolic OH excluding ortho intramolecular Hbond substituents is 1. The monoisotopic (exact) mass is 368 g/mol. The average molecular weight is 368 g/mol. The third kappa shape index (κ3) is 3.45. The first-order chi connectivity index (χ1) is 13.8. The van der Waals surface area contributed by atoms with Gasteiger partial charge in [0.05, 0.1) is 7.11 Å². The van der Waals surface area contributed by atoms with Gasteiger partial charge in [-0.3, -0.25) is 9.97 Å². The van der Waals surface area contributed by atoms with Crippen LogP contribution in [0.25, 0.3) is 22.3 Å². The van der Waals surface area contributed by atoms with Crippen molar-refractivity contribution in [2.75, 3.05) is 7.11 Å². The van der Waals surface area contributed by atoms with Crippen molar-refractivity contribution in [3.05, 3.63) is 96.6 Å². The van der Waals surface area contributed by atoms with Crippen molar-refractivity contribution in [1.82, 2.24) is 9.97 Å². The lowest BCUT2D eigenvalue weighted by atomic mass is 9.90. The van der Waals surface area contributed by atoms with E-state index in [2.05, 4.69) is 16.0 Å². The second-order valence-corrected chi connectivity index (χ2v) is 6.45. The summed E-state index contributed by atoms with van der Waals surface area (Å²) in [7, 11) is 1.67. The molecule has 0 atom stereocenters. The van der Waals surface area contributed by atoms with E-state index in [4.69, 9.17) is 4.74 Å². The predicted molar refractivity (Wildman–Crippen MR) is 110 cm³/mol. The van der Waals surface area contributed by atoms with Crippen LogP contribution in [0.3, 0.4) is 0 Å². The van der Waals surface area contributed by atoms with E-state index < -0.39 is 0 Å². The molecule has 0 unspecified atom stereocenters. The smallest absolute Gasteiger partial charge is 0.123 e. The summed E-state index contributed by atoms with van der Waals surface area (Å²) in [6, 6.07) is 19.4. The highest BCUT2D eigenvalue weighted by atomic mass is 16.5. The number of rotatable bonds is 5. The lowest BCUT2D eigenvalue weighted by Crippen LogP contribution is -2.00. The van der Waals surface area contributed by atoms with Gasteiger partial charge in [0.15, 0.2) is 0 Å². The first kappa shape index (κ1) is 17.7. The van der Waals surface area contributed by atoms with Crippen LogP contribution in [0.15, 0.2) is 85.5 Å². The number of pyridine rings is 2. The molecular formula is C24H20N2O2. The lowest BCUT2D eigenvalue weighted by Gasteiger charge is -2.17. The maximum Gasteiger partial charge on any atom is 0.123 e. The fraction of sp³-hybridized carbons (Fsp3) is 0.0833. The molecule has 138 valence electrons. The standard InChI is InChI=1S/C24H20N2O2/c1-28-24-11-3-9-20(18-7-5-13-26-16-18)22(24)14-21-19(8-2-10-23(21)27)17-6-4-12-25-15-17/h2-13,15-16,27H,14H2,1H3. The summed E-state index contributed by atoms with van der Waals surface area (Å²) < 4.78 is 5.65. The molecule has 2 aromatic carbocycles. The van der Waals surface area contributed by atoms with Crippen LogP contribution in [-0.2, 0) is 6.42 Å². The number of methoxy groups -OCH3 is 1. The molecule has 0 aliphatic heterocycles. The zero-order valence-corrected chi connectivity index (χ0v) is 15.5. The Morgan fingerprint density at radius 3 is 1.93 bits per heavy atom. The Morgan fingerprint density at radius 1 is 0.750 bits per heavy atom. The molecule has 0 saturated heterocycles. The molecule has 4 aromatic rings. The molecular weight excluding hydrogens is 348 g/mol. The third-order valence-corrected chi connectivity index (χ3v) is 4.80. The normalized spacial score (nSPS) is 10.6. The number of benzene rings is 2. The molecule has 0 aliphatic carbocycles. The van der Waals surface area contributed by atoms with Gasteiger partial charge in [-0.05, 0) is 35.4 Å². The van der Waals surface area contributed by atoms with Gasteiger partial charge >= 0.3 is 0 Å². The summed E-state index contributed by atoms with van der Waals surface area (Å²) in [5, 5.41) is 10.7. The van der Waals surface area contributed by atoms with Gasteiger partial charge in [-0.2, -0.15) is 0 Å². The Balaban J connectivity index is 1.87. The molecule has 0 fully saturated rings. The van der Waals surface area contributed by atoms with E-state index in [9.17, 15) is 5.11 Å². The first-order valence-electron chi connectivity index (χ1n) is 9.05. The summed E-state index contributed by atoms with van der Waals surface area (Å²) in [6.45, 7) is 0. The topological polar surface area (TPSA) is 55.2 Å². The van der Waals surface area contributed by atoms with E-state index in [-0.39, 0.29) is 5.75 Å². The summed E-state index contributed by atoms with van der Waals surface area (Å²) in [5.74, 6) is 1.03. The number of phenols is 1. The van der Waals surface area contributed by atoms with Gasteiger partial charge in [0.25, 0.3) is 0 Å². The highest BCUT2D eigenvalue weighted by molar-refractivity contribution is 5.74. The summed E-state index contributed by atoms with van der Waals surface area (Å²) >= 11 is 0. The fourth-order valence-electron chi connectivity index (χ4n) is 3.46. The molecule has 4 rings (SSSR count). The van der Waals surface area contributed by atoms with Gasteiger partial charge in [0.2, 0.25) is 0 Å². The molecule has 0 amide bonds. The van der Waals surface area contributed by atoms with Crippen LogP contribution >= 0.6 is 0 Å². The number of ether oxygens (including phenoxy) is 1. The number of nitrogens with zero attached hydrogens (tertiary/aromatic N) is 2. The zero-order chi connectivity index (χ0) is 19.3. The molecule has 0 spiro atoms. The van der Waals surface area contributed by atoms with Gasteiger partial charge in [-0.15, -0.1) is 0 Å². The van der Waals surface area contributed by atoms with E-state index >= 15 is 0 Å². The summed E-state index contributed by atoms with van der Waals surface area (Å²) in [4.78, 5) is 8.47. The van der Waals surface area contributed by atoms with Crippen LogP contribution in [0, 0.1) is 0 Å². The minimum Gasteiger partial charge on any atom is -0.508 e. The van der Waals surface area contributed by atoms with E-state index in [1.165, 1.54) is 0 Å². The van der Waals surface area contributed by atoms with Crippen molar-refractivity contribution < 1.29 is 9.84 Å². The number of aromatic hydroxyl groups is 1. The van der Waals surface area contributed by atoms with Gasteiger partial charge in [0, 0.05) is 53.5 Å². The van der Waals surface area contributed by atoms with Crippen LogP contribution in [0.5, 0.6) is 11.5 Å². The van der Waals surface area contributed by atoms with E-state index in [0.29, 0.717) is 6.42 Å². The van der Waals surface area contributed by atoms with E-state index in [1.807, 2.05) is 60.9 Å². The quantitative estimate of drug-likeness (QED) is 0.531. The van der Waals surface area contributed by atoms with Crippen molar-refractivity contribution >= 4 is 0 Å². The van der Waals surface area contributed by atoms with Crippen molar-refractivity contribution in [3.63, 3.8) is 0 Å². The Bertz CT molecular complexity index is 1080. The molecule has 4 heteroatoms. The minimum absolute atomic E-state index is 0.254. The molecule has 0 aliphatic rings. The maximum absolute atomic E-state index is 10.7. The largest absolute Gasteiger partial charge is 0.508 e. The van der Waals surface area contributed by atoms with E-state index in [1.54, 1.807) is 25.6 Å². The Kier molecular flexibility index (Phi) is 5.02. The Hall–Kier alpha value is -3.66. The first-order valence-corrected chi connectivity index (χ1v) is 9.05. The number of aromatic nitrogens is 2. The SMILES string of the molecule is COc1cccc(-c2cccnc2)c1Cc1c(O)cccc1-c1cccnc1. The summed E-state index contributed by atoms with van der Waals surface area (Å²) in [5.41, 5.74) is 5.81. The van der Waals surface area contributed by atoms with Crippen molar-refractivity contribution in [1.29, 1.82) is 0 Å². The minimum atomic E-state index is 0.254. The molecule has 0 radical (unpaired) electrons. The average Bonchev–Trinajstić information content (AvgIpc) is 2.76. The van der Waals surface area contributed by atoms with Crippen molar-refractivity contribution in [3.8, 4) is 33.8 Å². The molecule has 0 bridgehead atoms. The highest BCUT2D eigenvalue weighted by Crippen LogP contribution is 2.37. The van der Waals surface area contributed by atoms with Crippen LogP contribution in [0.2, 0.25) is 0 Å². The van der Waals surface area contributed by atoms with Gasteiger partial charge in [-0.1, -0.05) is 36.4 Å². The predicted octanol–water partition coefficient (Wildman–Crippen LogP) is 5.12. The van der Waals surface area contributed by atoms with Gasteiger partial charge in [-0.25, -0.2) is 0 Å². The number of hydrogen-bond acceptors (Lipinski definition) is 4. The maximum atomic E-state index is 10.7. The molecule has 0 saturated carbocycles. The number of hydrogen-bond donors (Lipinski definition) is 1. The highest BCUT2D eigenvalue weighted by Gasteiger charge is 2.17. The second kappa shape index (κ2) is 7.92. The lowest BCUT2D eigenvalue weighted by molar-refractivity contribution is 0.410. The van der Waals surface area contributed by atoms with E-state index in [0.717, 1.165) is 39.1 Å². The Labute approximate surface area is 164 Å². The molecule has 4 nitrogen and oxygen atoms in total.